The number of thioether (sulfide) groups is 2. The van der Waals surface area contributed by atoms with Crippen LogP contribution in [0.4, 0.5) is 5.13 Å². The van der Waals surface area contributed by atoms with E-state index in [1.807, 2.05) is 32.0 Å². The van der Waals surface area contributed by atoms with Gasteiger partial charge in [-0.1, -0.05) is 59.5 Å². The maximum absolute atomic E-state index is 12.8. The zero-order valence-electron chi connectivity index (χ0n) is 21.8. The van der Waals surface area contributed by atoms with E-state index in [0.717, 1.165) is 15.7 Å². The smallest absolute Gasteiger partial charge is 0.251 e. The van der Waals surface area contributed by atoms with Gasteiger partial charge in [0, 0.05) is 11.6 Å². The van der Waals surface area contributed by atoms with Gasteiger partial charge < -0.3 is 14.8 Å². The largest absolute Gasteiger partial charge is 0.497 e. The standard InChI is InChI=1S/C25H27N7O4S3/c1-5-37-25-31-29-23(39-25)27-21(33)14-38-24-30-28-20(13-26-22(34)16-8-6-7-15(2)11-16)32(24)18-12-17(35-3)9-10-19(18)36-4/h6-12H,5,13-14H2,1-4H3,(H,26,34)(H,27,29,33). The Morgan fingerprint density at radius 3 is 2.62 bits per heavy atom. The second-order valence-corrected chi connectivity index (χ2v) is 11.4. The van der Waals surface area contributed by atoms with Gasteiger partial charge in [-0.3, -0.25) is 19.5 Å². The van der Waals surface area contributed by atoms with Crippen LogP contribution in [0.15, 0.2) is 52.0 Å². The van der Waals surface area contributed by atoms with Gasteiger partial charge in [0.05, 0.1) is 32.2 Å². The molecule has 39 heavy (non-hydrogen) atoms. The van der Waals surface area contributed by atoms with Crippen molar-refractivity contribution in [1.82, 2.24) is 30.3 Å². The van der Waals surface area contributed by atoms with Crippen LogP contribution in [-0.4, -0.2) is 62.5 Å². The summed E-state index contributed by atoms with van der Waals surface area (Å²) in [7, 11) is 3.13. The molecule has 0 aliphatic carbocycles. The van der Waals surface area contributed by atoms with Crippen molar-refractivity contribution in [3.63, 3.8) is 0 Å². The van der Waals surface area contributed by atoms with E-state index in [0.29, 0.717) is 38.9 Å². The second-order valence-electron chi connectivity index (χ2n) is 7.97. The van der Waals surface area contributed by atoms with Crippen LogP contribution in [0.1, 0.15) is 28.7 Å². The van der Waals surface area contributed by atoms with Gasteiger partial charge >= 0.3 is 0 Å². The highest BCUT2D eigenvalue weighted by atomic mass is 32.2. The zero-order chi connectivity index (χ0) is 27.8. The number of carbonyl (C=O) groups excluding carboxylic acids is 2. The van der Waals surface area contributed by atoms with Crippen LogP contribution >= 0.6 is 34.9 Å². The number of carbonyl (C=O) groups is 2. The third-order valence-electron chi connectivity index (χ3n) is 5.27. The maximum Gasteiger partial charge on any atom is 0.251 e. The van der Waals surface area contributed by atoms with E-state index in [1.54, 1.807) is 54.8 Å². The van der Waals surface area contributed by atoms with Crippen LogP contribution in [0.3, 0.4) is 0 Å². The number of hydrogen-bond acceptors (Lipinski definition) is 11. The fraction of sp³-hybridized carbons (Fsp3) is 0.280. The number of nitrogens with one attached hydrogen (secondary N) is 2. The Hall–Kier alpha value is -3.62. The van der Waals surface area contributed by atoms with Gasteiger partial charge in [-0.05, 0) is 36.9 Å². The van der Waals surface area contributed by atoms with Gasteiger partial charge in [0.2, 0.25) is 11.0 Å². The molecule has 0 radical (unpaired) electrons. The highest BCUT2D eigenvalue weighted by Gasteiger charge is 2.21. The Kier molecular flexibility index (Phi) is 9.79. The van der Waals surface area contributed by atoms with E-state index in [-0.39, 0.29) is 24.1 Å². The number of methoxy groups -OCH3 is 2. The van der Waals surface area contributed by atoms with Crippen molar-refractivity contribution in [2.24, 2.45) is 0 Å². The van der Waals surface area contributed by atoms with Crippen LogP contribution in [0.2, 0.25) is 0 Å². The molecule has 204 valence electrons. The first-order chi connectivity index (χ1) is 18.9. The number of benzene rings is 2. The Morgan fingerprint density at radius 1 is 1.03 bits per heavy atom. The molecule has 0 fully saturated rings. The van der Waals surface area contributed by atoms with Crippen molar-refractivity contribution in [2.45, 2.75) is 29.9 Å². The predicted molar refractivity (Wildman–Crippen MR) is 152 cm³/mol. The van der Waals surface area contributed by atoms with Gasteiger partial charge in [0.1, 0.15) is 11.5 Å². The van der Waals surface area contributed by atoms with E-state index < -0.39 is 0 Å². The number of ether oxygens (including phenoxy) is 2. The summed E-state index contributed by atoms with van der Waals surface area (Å²) in [5.41, 5.74) is 2.14. The number of aromatic nitrogens is 5. The lowest BCUT2D eigenvalue weighted by molar-refractivity contribution is -0.113. The molecular weight excluding hydrogens is 559 g/mol. The molecule has 2 heterocycles. The highest BCUT2D eigenvalue weighted by molar-refractivity contribution is 8.01. The number of anilines is 1. The molecular formula is C25H27N7O4S3. The first-order valence-corrected chi connectivity index (χ1v) is 14.6. The number of aryl methyl sites for hydroxylation is 1. The Morgan fingerprint density at radius 2 is 1.87 bits per heavy atom. The molecule has 0 spiro atoms. The van der Waals surface area contributed by atoms with Crippen LogP contribution < -0.4 is 20.1 Å². The zero-order valence-corrected chi connectivity index (χ0v) is 24.2. The summed E-state index contributed by atoms with van der Waals surface area (Å²) >= 11 is 4.08. The number of nitrogens with zero attached hydrogens (tertiary/aromatic N) is 5. The molecule has 4 aromatic rings. The maximum atomic E-state index is 12.8. The molecule has 0 atom stereocenters. The first-order valence-electron chi connectivity index (χ1n) is 11.8. The minimum Gasteiger partial charge on any atom is -0.497 e. The molecule has 0 unspecified atom stereocenters. The molecule has 0 aliphatic heterocycles. The SMILES string of the molecule is CCSc1nnc(NC(=O)CSc2nnc(CNC(=O)c3cccc(C)c3)n2-c2cc(OC)ccc2OC)s1. The van der Waals surface area contributed by atoms with Crippen LogP contribution in [0, 0.1) is 6.92 Å². The third kappa shape index (κ3) is 7.28. The molecule has 14 heteroatoms. The van der Waals surface area contributed by atoms with Gasteiger partial charge in [-0.15, -0.1) is 20.4 Å². The fourth-order valence-electron chi connectivity index (χ4n) is 3.50. The number of amides is 2. The van der Waals surface area contributed by atoms with Crippen molar-refractivity contribution < 1.29 is 19.1 Å². The average Bonchev–Trinajstić information content (AvgIpc) is 3.56. The molecule has 0 aliphatic rings. The monoisotopic (exact) mass is 585 g/mol. The average molecular weight is 586 g/mol. The van der Waals surface area contributed by atoms with E-state index in [4.69, 9.17) is 9.47 Å². The summed E-state index contributed by atoms with van der Waals surface area (Å²) in [6.45, 7) is 4.04. The van der Waals surface area contributed by atoms with E-state index in [1.165, 1.54) is 23.1 Å². The summed E-state index contributed by atoms with van der Waals surface area (Å²) in [5.74, 6) is 2.02. The minimum atomic E-state index is -0.259. The summed E-state index contributed by atoms with van der Waals surface area (Å²) in [4.78, 5) is 25.5. The molecule has 2 N–H and O–H groups in total. The molecule has 0 saturated carbocycles. The van der Waals surface area contributed by atoms with Crippen molar-refractivity contribution in [3.05, 3.63) is 59.4 Å². The Bertz CT molecular complexity index is 1460. The number of rotatable bonds is 12. The van der Waals surface area contributed by atoms with Gasteiger partial charge in [0.25, 0.3) is 5.91 Å². The second kappa shape index (κ2) is 13.4. The molecule has 2 aromatic carbocycles. The van der Waals surface area contributed by atoms with Gasteiger partial charge in [-0.25, -0.2) is 0 Å². The van der Waals surface area contributed by atoms with Crippen molar-refractivity contribution in [1.29, 1.82) is 0 Å². The summed E-state index contributed by atoms with van der Waals surface area (Å²) in [6, 6.07) is 12.7. The van der Waals surface area contributed by atoms with Gasteiger partial charge in [-0.2, -0.15) is 0 Å². The predicted octanol–water partition coefficient (Wildman–Crippen LogP) is 4.22. The van der Waals surface area contributed by atoms with E-state index in [9.17, 15) is 9.59 Å². The lowest BCUT2D eigenvalue weighted by Crippen LogP contribution is -2.24. The lowest BCUT2D eigenvalue weighted by Gasteiger charge is -2.15. The van der Waals surface area contributed by atoms with Crippen molar-refractivity contribution >= 4 is 51.8 Å². The molecule has 4 rings (SSSR count). The van der Waals surface area contributed by atoms with Crippen molar-refractivity contribution in [3.8, 4) is 17.2 Å². The quantitative estimate of drug-likeness (QED) is 0.184. The normalized spacial score (nSPS) is 10.8. The molecule has 2 amide bonds. The Balaban J connectivity index is 1.56. The fourth-order valence-corrected chi connectivity index (χ4v) is 5.93. The number of hydrogen-bond donors (Lipinski definition) is 2. The lowest BCUT2D eigenvalue weighted by atomic mass is 10.1. The first kappa shape index (κ1) is 28.4. The van der Waals surface area contributed by atoms with Crippen molar-refractivity contribution in [2.75, 3.05) is 31.0 Å². The van der Waals surface area contributed by atoms with Crippen LogP contribution in [-0.2, 0) is 11.3 Å². The van der Waals surface area contributed by atoms with E-state index in [2.05, 4.69) is 31.0 Å². The van der Waals surface area contributed by atoms with Crippen LogP contribution in [0.25, 0.3) is 5.69 Å². The minimum absolute atomic E-state index is 0.0515. The van der Waals surface area contributed by atoms with Crippen LogP contribution in [0.5, 0.6) is 11.5 Å². The molecule has 0 saturated heterocycles. The molecule has 11 nitrogen and oxygen atoms in total. The molecule has 2 aromatic heterocycles. The Labute approximate surface area is 238 Å². The van der Waals surface area contributed by atoms with E-state index >= 15 is 0 Å². The summed E-state index contributed by atoms with van der Waals surface area (Å²) in [5, 5.41) is 23.3. The topological polar surface area (TPSA) is 133 Å². The summed E-state index contributed by atoms with van der Waals surface area (Å²) < 4.78 is 13.6. The summed E-state index contributed by atoms with van der Waals surface area (Å²) in [6.07, 6.45) is 0. The molecule has 0 bridgehead atoms. The van der Waals surface area contributed by atoms with Gasteiger partial charge in [0.15, 0.2) is 15.3 Å². The third-order valence-corrected chi connectivity index (χ3v) is 8.05. The highest BCUT2D eigenvalue weighted by Crippen LogP contribution is 2.32.